The van der Waals surface area contributed by atoms with E-state index in [4.69, 9.17) is 0 Å². The summed E-state index contributed by atoms with van der Waals surface area (Å²) in [6, 6.07) is 0. The molecule has 0 aromatic rings. The second-order valence-corrected chi connectivity index (χ2v) is 1.80. The Labute approximate surface area is 76.7 Å². The van der Waals surface area contributed by atoms with Crippen LogP contribution in [0.3, 0.4) is 0 Å². The maximum Gasteiger partial charge on any atom is 0.0160 e. The zero-order chi connectivity index (χ0) is 6.41. The maximum atomic E-state index is 3.61. The summed E-state index contributed by atoms with van der Waals surface area (Å²) < 4.78 is 0. The number of nitrogens with zero attached hydrogens (tertiary/aromatic N) is 1. The van der Waals surface area contributed by atoms with Crippen molar-refractivity contribution in [2.75, 3.05) is 20.1 Å². The normalized spacial score (nSPS) is 7.40. The van der Waals surface area contributed by atoms with Gasteiger partial charge in [-0.2, -0.15) is 0 Å². The molecule has 0 heterocycles. The molecule has 10 heavy (non-hydrogen) atoms. The lowest BCUT2D eigenvalue weighted by Gasteiger charge is -2.09. The summed E-state index contributed by atoms with van der Waals surface area (Å²) >= 11 is 0. The van der Waals surface area contributed by atoms with Crippen LogP contribution in [0.4, 0.5) is 0 Å². The minimum absolute atomic E-state index is 0. The molecule has 0 aliphatic carbocycles. The van der Waals surface area contributed by atoms with Crippen LogP contribution in [0.5, 0.6) is 0 Å². The van der Waals surface area contributed by atoms with Gasteiger partial charge in [0.2, 0.25) is 0 Å². The molecule has 60 valence electrons. The fraction of sp³-hybridized carbons (Fsp3) is 0.429. The molecule has 3 heteroatoms. The van der Waals surface area contributed by atoms with Gasteiger partial charge in [0.25, 0.3) is 0 Å². The summed E-state index contributed by atoms with van der Waals surface area (Å²) in [4.78, 5) is 2.12. The van der Waals surface area contributed by atoms with E-state index in [1.54, 1.807) is 0 Å². The van der Waals surface area contributed by atoms with Crippen molar-refractivity contribution in [3.8, 4) is 0 Å². The second-order valence-electron chi connectivity index (χ2n) is 1.80. The molecule has 0 aliphatic rings. The van der Waals surface area contributed by atoms with Crippen molar-refractivity contribution in [1.29, 1.82) is 0 Å². The highest BCUT2D eigenvalue weighted by molar-refractivity contribution is 7.59. The predicted octanol–water partition coefficient (Wildman–Crippen LogP) is 2.36. The van der Waals surface area contributed by atoms with Crippen LogP contribution in [0.1, 0.15) is 0 Å². The summed E-state index contributed by atoms with van der Waals surface area (Å²) in [6.07, 6.45) is 3.76. The monoisotopic (exact) mass is 179 g/mol. The molecule has 0 aromatic carbocycles. The Balaban J connectivity index is -0.000000245. The average molecular weight is 180 g/mol. The quantitative estimate of drug-likeness (QED) is 0.599. The Bertz CT molecular complexity index is 75.7. The van der Waals surface area contributed by atoms with Gasteiger partial charge in [-0.3, -0.25) is 4.90 Å². The third-order valence-corrected chi connectivity index (χ3v) is 0.882. The molecular weight excluding hydrogens is 166 g/mol. The lowest BCUT2D eigenvalue weighted by atomic mass is 10.5. The third-order valence-electron chi connectivity index (χ3n) is 0.882. The summed E-state index contributed by atoms with van der Waals surface area (Å²) in [7, 11) is 2.03. The molecule has 0 aromatic heterocycles. The van der Waals surface area contributed by atoms with Crippen LogP contribution in [-0.4, -0.2) is 25.0 Å². The first-order valence-corrected chi connectivity index (χ1v) is 2.71. The standard InChI is InChI=1S/C7H13N.ClH.S/c1-4-6-8(3)7-5-2;;/h4-5H,1-2,6-7H2,3H3;1H;. The van der Waals surface area contributed by atoms with Crippen molar-refractivity contribution < 1.29 is 0 Å². The number of halogens is 1. The van der Waals surface area contributed by atoms with Crippen molar-refractivity contribution in [3.63, 3.8) is 0 Å². The highest BCUT2D eigenvalue weighted by atomic mass is 35.5. The highest BCUT2D eigenvalue weighted by Gasteiger charge is 1.86. The van der Waals surface area contributed by atoms with Crippen molar-refractivity contribution in [2.45, 2.75) is 0 Å². The first kappa shape index (κ1) is 16.6. The molecule has 0 saturated carbocycles. The highest BCUT2D eigenvalue weighted by Crippen LogP contribution is 1.80. The van der Waals surface area contributed by atoms with Crippen molar-refractivity contribution in [3.05, 3.63) is 25.3 Å². The molecule has 0 saturated heterocycles. The van der Waals surface area contributed by atoms with E-state index >= 15 is 0 Å². The fourth-order valence-corrected chi connectivity index (χ4v) is 0.515. The topological polar surface area (TPSA) is 3.24 Å². The van der Waals surface area contributed by atoms with E-state index in [2.05, 4.69) is 18.1 Å². The summed E-state index contributed by atoms with van der Waals surface area (Å²) in [5.41, 5.74) is 0. The van der Waals surface area contributed by atoms with E-state index in [-0.39, 0.29) is 25.9 Å². The fourth-order valence-electron chi connectivity index (χ4n) is 0.515. The van der Waals surface area contributed by atoms with Gasteiger partial charge in [0.05, 0.1) is 0 Å². The van der Waals surface area contributed by atoms with E-state index in [9.17, 15) is 0 Å². The van der Waals surface area contributed by atoms with E-state index < -0.39 is 0 Å². The average Bonchev–Trinajstić information content (AvgIpc) is 1.68. The van der Waals surface area contributed by atoms with Crippen LogP contribution in [0.25, 0.3) is 0 Å². The van der Waals surface area contributed by atoms with Gasteiger partial charge in [0.1, 0.15) is 0 Å². The van der Waals surface area contributed by atoms with Crippen molar-refractivity contribution in [2.24, 2.45) is 0 Å². The predicted molar refractivity (Wildman–Crippen MR) is 52.7 cm³/mol. The molecule has 0 fully saturated rings. The van der Waals surface area contributed by atoms with E-state index in [1.165, 1.54) is 0 Å². The molecule has 0 aliphatic heterocycles. The SMILES string of the molecule is C=CCN(C)CC=C.Cl.[S]. The van der Waals surface area contributed by atoms with Crippen LogP contribution in [0, 0.1) is 0 Å². The lowest BCUT2D eigenvalue weighted by molar-refractivity contribution is 0.413. The van der Waals surface area contributed by atoms with Gasteiger partial charge >= 0.3 is 0 Å². The van der Waals surface area contributed by atoms with Gasteiger partial charge in [-0.1, -0.05) is 12.2 Å². The molecule has 2 radical (unpaired) electrons. The van der Waals surface area contributed by atoms with Crippen LogP contribution in [-0.2, 0) is 0 Å². The Morgan fingerprint density at radius 1 is 1.20 bits per heavy atom. The third kappa shape index (κ3) is 11.0. The van der Waals surface area contributed by atoms with E-state index in [0.29, 0.717) is 0 Å². The number of likely N-dealkylation sites (N-methyl/N-ethyl adjacent to an activating group) is 1. The molecule has 0 spiro atoms. The minimum atomic E-state index is 0. The van der Waals surface area contributed by atoms with Gasteiger partial charge in [0.15, 0.2) is 0 Å². The van der Waals surface area contributed by atoms with Crippen molar-refractivity contribution >= 4 is 25.9 Å². The van der Waals surface area contributed by atoms with E-state index in [0.717, 1.165) is 13.1 Å². The van der Waals surface area contributed by atoms with Gasteiger partial charge in [-0.15, -0.1) is 25.6 Å². The molecule has 0 unspecified atom stereocenters. The van der Waals surface area contributed by atoms with Crippen LogP contribution in [0.15, 0.2) is 25.3 Å². The molecule has 0 amide bonds. The zero-order valence-corrected chi connectivity index (χ0v) is 7.88. The smallest absolute Gasteiger partial charge is 0.0160 e. The van der Waals surface area contributed by atoms with Gasteiger partial charge in [0, 0.05) is 26.6 Å². The van der Waals surface area contributed by atoms with Gasteiger partial charge < -0.3 is 0 Å². The molecule has 0 N–H and O–H groups in total. The summed E-state index contributed by atoms with van der Waals surface area (Å²) in [5, 5.41) is 0. The summed E-state index contributed by atoms with van der Waals surface area (Å²) in [5.74, 6) is 0. The Morgan fingerprint density at radius 3 is 1.70 bits per heavy atom. The van der Waals surface area contributed by atoms with Gasteiger partial charge in [-0.25, -0.2) is 0 Å². The second kappa shape index (κ2) is 11.8. The Kier molecular flexibility index (Phi) is 19.6. The Morgan fingerprint density at radius 2 is 1.50 bits per heavy atom. The zero-order valence-electron chi connectivity index (χ0n) is 6.25. The first-order valence-electron chi connectivity index (χ1n) is 2.71. The Hall–Kier alpha value is 0.0800. The van der Waals surface area contributed by atoms with E-state index in [1.807, 2.05) is 19.2 Å². The molecule has 0 bridgehead atoms. The number of rotatable bonds is 4. The molecular formula is C7H14ClNS. The molecule has 1 nitrogen and oxygen atoms in total. The van der Waals surface area contributed by atoms with Crippen molar-refractivity contribution in [1.82, 2.24) is 4.90 Å². The van der Waals surface area contributed by atoms with Crippen LogP contribution < -0.4 is 0 Å². The number of hydrogen-bond donors (Lipinski definition) is 0. The maximum absolute atomic E-state index is 3.61. The molecule has 0 atom stereocenters. The lowest BCUT2D eigenvalue weighted by Crippen LogP contribution is -2.17. The van der Waals surface area contributed by atoms with Crippen LogP contribution >= 0.6 is 25.9 Å². The largest absolute Gasteiger partial charge is 0.299 e. The first-order chi connectivity index (χ1) is 3.81. The minimum Gasteiger partial charge on any atom is -0.299 e. The molecule has 0 rings (SSSR count). The summed E-state index contributed by atoms with van der Waals surface area (Å²) in [6.45, 7) is 9.09. The van der Waals surface area contributed by atoms with Gasteiger partial charge in [-0.05, 0) is 7.05 Å². The van der Waals surface area contributed by atoms with Crippen LogP contribution in [0.2, 0.25) is 0 Å². The number of hydrogen-bond acceptors (Lipinski definition) is 1.